The average molecular weight is 179 g/mol. The van der Waals surface area contributed by atoms with E-state index in [9.17, 15) is 0 Å². The van der Waals surface area contributed by atoms with Gasteiger partial charge in [-0.15, -0.1) is 5.10 Å². The molecule has 1 aromatic heterocycles. The molecule has 0 atom stereocenters. The highest BCUT2D eigenvalue weighted by Gasteiger charge is 2.09. The van der Waals surface area contributed by atoms with Crippen LogP contribution in [0.5, 0.6) is 0 Å². The first-order chi connectivity index (χ1) is 6.08. The van der Waals surface area contributed by atoms with Gasteiger partial charge in [-0.25, -0.2) is 0 Å². The first-order valence-electron chi connectivity index (χ1n) is 4.07. The predicted molar refractivity (Wildman–Crippen MR) is 50.5 cm³/mol. The number of aromatic nitrogens is 2. The number of hydrogen-bond donors (Lipinski definition) is 0. The van der Waals surface area contributed by atoms with Crippen molar-refractivity contribution in [2.24, 2.45) is 5.16 Å². The number of oxime groups is 1. The first-order valence-corrected chi connectivity index (χ1v) is 4.07. The molecule has 0 aromatic carbocycles. The summed E-state index contributed by atoms with van der Waals surface area (Å²) in [5.41, 5.74) is 0.422. The number of nitrogens with zero attached hydrogens (tertiary/aromatic N) is 3. The third-order valence-corrected chi connectivity index (χ3v) is 1.10. The quantitative estimate of drug-likeness (QED) is 0.512. The lowest BCUT2D eigenvalue weighted by atomic mass is 10.2. The van der Waals surface area contributed by atoms with Gasteiger partial charge in [-0.05, 0) is 32.9 Å². The largest absolute Gasteiger partial charge is 0.390 e. The Morgan fingerprint density at radius 2 is 2.23 bits per heavy atom. The lowest BCUT2D eigenvalue weighted by molar-refractivity contribution is 0.00196. The number of hydrogen-bond acceptors (Lipinski definition) is 4. The van der Waals surface area contributed by atoms with Crippen LogP contribution in [-0.2, 0) is 4.84 Å². The Kier molecular flexibility index (Phi) is 2.95. The van der Waals surface area contributed by atoms with Crippen molar-refractivity contribution in [3.05, 3.63) is 24.0 Å². The van der Waals surface area contributed by atoms with Crippen LogP contribution in [0.15, 0.2) is 23.5 Å². The molecule has 13 heavy (non-hydrogen) atoms. The summed E-state index contributed by atoms with van der Waals surface area (Å²) >= 11 is 0. The summed E-state index contributed by atoms with van der Waals surface area (Å²) in [6, 6.07) is 3.61. The van der Waals surface area contributed by atoms with E-state index >= 15 is 0 Å². The monoisotopic (exact) mass is 179 g/mol. The van der Waals surface area contributed by atoms with Crippen molar-refractivity contribution in [3.8, 4) is 0 Å². The van der Waals surface area contributed by atoms with E-state index in [2.05, 4.69) is 15.4 Å². The van der Waals surface area contributed by atoms with Crippen molar-refractivity contribution >= 4 is 6.21 Å². The van der Waals surface area contributed by atoms with E-state index in [0.717, 1.165) is 0 Å². The molecule has 0 saturated carbocycles. The fourth-order valence-electron chi connectivity index (χ4n) is 0.621. The first kappa shape index (κ1) is 9.64. The molecule has 0 unspecified atom stereocenters. The van der Waals surface area contributed by atoms with Gasteiger partial charge in [-0.3, -0.25) is 0 Å². The standard InChI is InChI=1S/C9H13N3O/c1-9(2,3)13-11-7-8-5-4-6-10-12-8/h4-7H,1-3H3/b11-7-. The molecule has 0 saturated heterocycles. The normalized spacial score (nSPS) is 11.9. The maximum absolute atomic E-state index is 5.13. The van der Waals surface area contributed by atoms with E-state index in [-0.39, 0.29) is 5.60 Å². The summed E-state index contributed by atoms with van der Waals surface area (Å²) in [5.74, 6) is 0. The van der Waals surface area contributed by atoms with Crippen molar-refractivity contribution < 1.29 is 4.84 Å². The van der Waals surface area contributed by atoms with E-state index in [1.165, 1.54) is 6.21 Å². The van der Waals surface area contributed by atoms with Crippen LogP contribution >= 0.6 is 0 Å². The third-order valence-electron chi connectivity index (χ3n) is 1.10. The van der Waals surface area contributed by atoms with Crippen LogP contribution in [0.4, 0.5) is 0 Å². The number of rotatable bonds is 2. The zero-order chi connectivity index (χ0) is 9.73. The Morgan fingerprint density at radius 3 is 2.77 bits per heavy atom. The second-order valence-corrected chi connectivity index (χ2v) is 3.59. The molecular formula is C9H13N3O. The highest BCUT2D eigenvalue weighted by Crippen LogP contribution is 2.06. The van der Waals surface area contributed by atoms with Crippen molar-refractivity contribution in [1.29, 1.82) is 0 Å². The minimum Gasteiger partial charge on any atom is -0.390 e. The molecule has 0 spiro atoms. The van der Waals surface area contributed by atoms with Gasteiger partial charge in [0.2, 0.25) is 0 Å². The van der Waals surface area contributed by atoms with E-state index in [1.54, 1.807) is 12.3 Å². The lowest BCUT2D eigenvalue weighted by Crippen LogP contribution is -2.15. The maximum atomic E-state index is 5.13. The Labute approximate surface area is 77.6 Å². The molecule has 0 fully saturated rings. The molecular weight excluding hydrogens is 166 g/mol. The summed E-state index contributed by atoms with van der Waals surface area (Å²) in [6.45, 7) is 5.79. The molecule has 1 heterocycles. The van der Waals surface area contributed by atoms with Crippen molar-refractivity contribution in [2.45, 2.75) is 26.4 Å². The van der Waals surface area contributed by atoms with Gasteiger partial charge in [0.05, 0.1) is 6.21 Å². The fourth-order valence-corrected chi connectivity index (χ4v) is 0.621. The van der Waals surface area contributed by atoms with E-state index < -0.39 is 0 Å². The van der Waals surface area contributed by atoms with Gasteiger partial charge in [-0.2, -0.15) is 5.10 Å². The molecule has 1 rings (SSSR count). The van der Waals surface area contributed by atoms with Crippen LogP contribution in [0.25, 0.3) is 0 Å². The molecule has 0 aliphatic rings. The SMILES string of the molecule is CC(C)(C)O/N=C\c1cccnn1. The topological polar surface area (TPSA) is 47.4 Å². The fraction of sp³-hybridized carbons (Fsp3) is 0.444. The summed E-state index contributed by atoms with van der Waals surface area (Å²) in [5, 5.41) is 11.3. The zero-order valence-electron chi connectivity index (χ0n) is 8.06. The molecule has 1 aromatic rings. The van der Waals surface area contributed by atoms with Crippen LogP contribution in [0.3, 0.4) is 0 Å². The maximum Gasteiger partial charge on any atom is 0.129 e. The molecule has 0 aliphatic heterocycles. The molecule has 0 radical (unpaired) electrons. The van der Waals surface area contributed by atoms with Crippen LogP contribution < -0.4 is 0 Å². The molecule has 0 amide bonds. The highest BCUT2D eigenvalue weighted by molar-refractivity contribution is 5.75. The van der Waals surface area contributed by atoms with Gasteiger partial charge in [0.1, 0.15) is 11.3 Å². The van der Waals surface area contributed by atoms with Crippen LogP contribution in [0, 0.1) is 0 Å². The average Bonchev–Trinajstić information content (AvgIpc) is 2.04. The summed E-state index contributed by atoms with van der Waals surface area (Å²) in [4.78, 5) is 5.13. The van der Waals surface area contributed by atoms with E-state index in [1.807, 2.05) is 26.8 Å². The molecule has 70 valence electrons. The smallest absolute Gasteiger partial charge is 0.129 e. The predicted octanol–water partition coefficient (Wildman–Crippen LogP) is 1.63. The minimum absolute atomic E-state index is 0.265. The van der Waals surface area contributed by atoms with Gasteiger partial charge in [-0.1, -0.05) is 5.16 Å². The Balaban J connectivity index is 2.51. The Hall–Kier alpha value is -1.45. The molecule has 4 nitrogen and oxygen atoms in total. The highest BCUT2D eigenvalue weighted by atomic mass is 16.6. The summed E-state index contributed by atoms with van der Waals surface area (Å²) in [6.07, 6.45) is 3.15. The van der Waals surface area contributed by atoms with Gasteiger partial charge >= 0.3 is 0 Å². The molecule has 0 N–H and O–H groups in total. The van der Waals surface area contributed by atoms with Crippen LogP contribution in [0.2, 0.25) is 0 Å². The van der Waals surface area contributed by atoms with Crippen LogP contribution in [-0.4, -0.2) is 22.0 Å². The molecule has 0 bridgehead atoms. The Bertz CT molecular complexity index is 277. The van der Waals surface area contributed by atoms with E-state index in [0.29, 0.717) is 5.69 Å². The second kappa shape index (κ2) is 3.98. The van der Waals surface area contributed by atoms with E-state index in [4.69, 9.17) is 4.84 Å². The summed E-state index contributed by atoms with van der Waals surface area (Å²) < 4.78 is 0. The second-order valence-electron chi connectivity index (χ2n) is 3.59. The van der Waals surface area contributed by atoms with Gasteiger partial charge < -0.3 is 4.84 Å². The molecule has 0 aliphatic carbocycles. The van der Waals surface area contributed by atoms with Crippen molar-refractivity contribution in [3.63, 3.8) is 0 Å². The van der Waals surface area contributed by atoms with Crippen molar-refractivity contribution in [2.75, 3.05) is 0 Å². The lowest BCUT2D eigenvalue weighted by Gasteiger charge is -2.14. The molecule has 4 heteroatoms. The summed E-state index contributed by atoms with van der Waals surface area (Å²) in [7, 11) is 0. The Morgan fingerprint density at radius 1 is 1.46 bits per heavy atom. The minimum atomic E-state index is -0.265. The zero-order valence-corrected chi connectivity index (χ0v) is 8.06. The van der Waals surface area contributed by atoms with Crippen LogP contribution in [0.1, 0.15) is 26.5 Å². The third kappa shape index (κ3) is 4.20. The van der Waals surface area contributed by atoms with Crippen molar-refractivity contribution in [1.82, 2.24) is 10.2 Å². The van der Waals surface area contributed by atoms with Gasteiger partial charge in [0, 0.05) is 6.20 Å². The van der Waals surface area contributed by atoms with Gasteiger partial charge in [0.25, 0.3) is 0 Å². The van der Waals surface area contributed by atoms with Gasteiger partial charge in [0.15, 0.2) is 0 Å².